The first-order chi connectivity index (χ1) is 8.25. The zero-order valence-electron chi connectivity index (χ0n) is 10.6. The predicted molar refractivity (Wildman–Crippen MR) is 59.6 cm³/mol. The van der Waals surface area contributed by atoms with E-state index in [1.807, 2.05) is 0 Å². The average Bonchev–Trinajstić information content (AvgIpc) is 2.29. The molecule has 1 rings (SSSR count). The van der Waals surface area contributed by atoms with Crippen LogP contribution in [0.15, 0.2) is 0 Å². The van der Waals surface area contributed by atoms with Gasteiger partial charge in [0.25, 0.3) is 0 Å². The van der Waals surface area contributed by atoms with Gasteiger partial charge >= 0.3 is 5.97 Å². The van der Waals surface area contributed by atoms with Gasteiger partial charge in [0.2, 0.25) is 0 Å². The van der Waals surface area contributed by atoms with Gasteiger partial charge in [0.15, 0.2) is 6.10 Å². The lowest BCUT2D eigenvalue weighted by Gasteiger charge is -2.40. The van der Waals surface area contributed by atoms with E-state index in [-0.39, 0.29) is 0 Å². The summed E-state index contributed by atoms with van der Waals surface area (Å²) in [6.07, 6.45) is -8.59. The van der Waals surface area contributed by atoms with E-state index in [0.717, 1.165) is 0 Å². The van der Waals surface area contributed by atoms with Crippen LogP contribution in [-0.2, 0) is 14.3 Å². The molecule has 6 atom stereocenters. The van der Waals surface area contributed by atoms with Gasteiger partial charge in [-0.05, 0) is 20.8 Å². The maximum absolute atomic E-state index is 11.5. The highest BCUT2D eigenvalue weighted by atomic mass is 16.6. The highest BCUT2D eigenvalue weighted by molar-refractivity contribution is 5.75. The Morgan fingerprint density at radius 3 is 2.22 bits per heavy atom. The SMILES string of the molecule is CC(C)OC(=O)C(O)C1O[C@@H](C)[C@H](O)[C@@H](O)[C@H]1O. The first-order valence-electron chi connectivity index (χ1n) is 5.84. The first kappa shape index (κ1) is 15.3. The number of hydrogen-bond donors (Lipinski definition) is 4. The van der Waals surface area contributed by atoms with Crippen molar-refractivity contribution >= 4 is 5.97 Å². The molecular weight excluding hydrogens is 244 g/mol. The minimum atomic E-state index is -1.72. The molecular formula is C11H20O7. The number of ether oxygens (including phenoxy) is 2. The molecule has 1 aliphatic heterocycles. The third kappa shape index (κ3) is 3.18. The maximum Gasteiger partial charge on any atom is 0.338 e. The fourth-order valence-electron chi connectivity index (χ4n) is 1.78. The summed E-state index contributed by atoms with van der Waals surface area (Å²) in [4.78, 5) is 11.5. The first-order valence-corrected chi connectivity index (χ1v) is 5.84. The minimum absolute atomic E-state index is 0.416. The van der Waals surface area contributed by atoms with Crippen molar-refractivity contribution in [2.24, 2.45) is 0 Å². The number of carbonyl (C=O) groups is 1. The van der Waals surface area contributed by atoms with Gasteiger partial charge in [-0.15, -0.1) is 0 Å². The zero-order chi connectivity index (χ0) is 14.0. The Morgan fingerprint density at radius 1 is 1.17 bits per heavy atom. The van der Waals surface area contributed by atoms with Crippen LogP contribution in [0.2, 0.25) is 0 Å². The molecule has 7 heteroatoms. The van der Waals surface area contributed by atoms with E-state index in [4.69, 9.17) is 9.47 Å². The van der Waals surface area contributed by atoms with Crippen molar-refractivity contribution in [3.05, 3.63) is 0 Å². The van der Waals surface area contributed by atoms with Crippen LogP contribution in [-0.4, -0.2) is 69.1 Å². The van der Waals surface area contributed by atoms with Crippen LogP contribution in [0.5, 0.6) is 0 Å². The molecule has 0 amide bonds. The van der Waals surface area contributed by atoms with E-state index in [1.165, 1.54) is 6.92 Å². The maximum atomic E-state index is 11.5. The Labute approximate surface area is 105 Å². The molecule has 0 aromatic rings. The standard InChI is InChI=1S/C11H20O7/c1-4(2)17-11(16)9(15)10-8(14)7(13)6(12)5(3)18-10/h4-10,12-15H,1-3H3/t5-,6-,7+,8+,9?,10?/m0/s1. The van der Waals surface area contributed by atoms with Gasteiger partial charge < -0.3 is 29.9 Å². The summed E-state index contributed by atoms with van der Waals surface area (Å²) in [5.41, 5.74) is 0. The molecule has 1 saturated heterocycles. The minimum Gasteiger partial charge on any atom is -0.461 e. The van der Waals surface area contributed by atoms with Crippen LogP contribution >= 0.6 is 0 Å². The smallest absolute Gasteiger partial charge is 0.338 e. The summed E-state index contributed by atoms with van der Waals surface area (Å²) in [7, 11) is 0. The van der Waals surface area contributed by atoms with Gasteiger partial charge in [0.1, 0.15) is 24.4 Å². The highest BCUT2D eigenvalue weighted by Gasteiger charge is 2.47. The van der Waals surface area contributed by atoms with Gasteiger partial charge in [-0.2, -0.15) is 0 Å². The molecule has 0 radical (unpaired) electrons. The van der Waals surface area contributed by atoms with E-state index in [9.17, 15) is 25.2 Å². The second kappa shape index (κ2) is 5.94. The Kier molecular flexibility index (Phi) is 5.06. The predicted octanol–water partition coefficient (Wildman–Crippen LogP) is -1.83. The third-order valence-electron chi connectivity index (χ3n) is 2.79. The van der Waals surface area contributed by atoms with Crippen LogP contribution < -0.4 is 0 Å². The Bertz CT molecular complexity index is 293. The highest BCUT2D eigenvalue weighted by Crippen LogP contribution is 2.23. The molecule has 1 fully saturated rings. The van der Waals surface area contributed by atoms with E-state index in [2.05, 4.69) is 0 Å². The molecule has 0 aromatic heterocycles. The number of carbonyl (C=O) groups excluding carboxylic acids is 1. The number of aliphatic hydroxyl groups is 4. The molecule has 106 valence electrons. The van der Waals surface area contributed by atoms with Crippen molar-refractivity contribution in [3.63, 3.8) is 0 Å². The van der Waals surface area contributed by atoms with Gasteiger partial charge in [0, 0.05) is 0 Å². The van der Waals surface area contributed by atoms with Gasteiger partial charge in [-0.3, -0.25) is 0 Å². The van der Waals surface area contributed by atoms with Crippen molar-refractivity contribution in [3.8, 4) is 0 Å². The molecule has 4 N–H and O–H groups in total. The van der Waals surface area contributed by atoms with Crippen molar-refractivity contribution in [2.45, 2.75) is 63.5 Å². The lowest BCUT2D eigenvalue weighted by Crippen LogP contribution is -2.61. The quantitative estimate of drug-likeness (QED) is 0.443. The zero-order valence-corrected chi connectivity index (χ0v) is 10.6. The topological polar surface area (TPSA) is 116 Å². The summed E-state index contributed by atoms with van der Waals surface area (Å²) >= 11 is 0. The van der Waals surface area contributed by atoms with Gasteiger partial charge in [-0.1, -0.05) is 0 Å². The summed E-state index contributed by atoms with van der Waals surface area (Å²) in [5.74, 6) is -0.940. The number of esters is 1. The summed E-state index contributed by atoms with van der Waals surface area (Å²) in [6.45, 7) is 4.70. The van der Waals surface area contributed by atoms with Crippen LogP contribution in [0.1, 0.15) is 20.8 Å². The van der Waals surface area contributed by atoms with Crippen molar-refractivity contribution < 1.29 is 34.7 Å². The fraction of sp³-hybridized carbons (Fsp3) is 0.909. The normalized spacial score (nSPS) is 38.6. The van der Waals surface area contributed by atoms with Crippen LogP contribution in [0, 0.1) is 0 Å². The average molecular weight is 264 g/mol. The third-order valence-corrected chi connectivity index (χ3v) is 2.79. The largest absolute Gasteiger partial charge is 0.461 e. The molecule has 1 aliphatic rings. The number of aliphatic hydroxyl groups excluding tert-OH is 4. The molecule has 18 heavy (non-hydrogen) atoms. The van der Waals surface area contributed by atoms with Crippen molar-refractivity contribution in [1.82, 2.24) is 0 Å². The Hall–Kier alpha value is -0.730. The molecule has 0 aromatic carbocycles. The molecule has 0 spiro atoms. The fourth-order valence-corrected chi connectivity index (χ4v) is 1.78. The van der Waals surface area contributed by atoms with Crippen LogP contribution in [0.3, 0.4) is 0 Å². The van der Waals surface area contributed by atoms with Crippen LogP contribution in [0.25, 0.3) is 0 Å². The summed E-state index contributed by atoms with van der Waals surface area (Å²) < 4.78 is 9.92. The van der Waals surface area contributed by atoms with E-state index in [1.54, 1.807) is 13.8 Å². The summed E-state index contributed by atoms with van der Waals surface area (Å²) in [6, 6.07) is 0. The Morgan fingerprint density at radius 2 is 1.72 bits per heavy atom. The van der Waals surface area contributed by atoms with Gasteiger partial charge in [0.05, 0.1) is 12.2 Å². The van der Waals surface area contributed by atoms with E-state index in [0.29, 0.717) is 0 Å². The number of rotatable bonds is 3. The molecule has 1 heterocycles. The Balaban J connectivity index is 2.73. The second-order valence-electron chi connectivity index (χ2n) is 4.71. The molecule has 2 unspecified atom stereocenters. The lowest BCUT2D eigenvalue weighted by molar-refractivity contribution is -0.241. The number of hydrogen-bond acceptors (Lipinski definition) is 7. The summed E-state index contributed by atoms with van der Waals surface area (Å²) in [5, 5.41) is 38.4. The van der Waals surface area contributed by atoms with Crippen molar-refractivity contribution in [2.75, 3.05) is 0 Å². The molecule has 0 saturated carbocycles. The monoisotopic (exact) mass is 264 g/mol. The lowest BCUT2D eigenvalue weighted by atomic mass is 9.93. The molecule has 0 aliphatic carbocycles. The van der Waals surface area contributed by atoms with Crippen molar-refractivity contribution in [1.29, 1.82) is 0 Å². The second-order valence-corrected chi connectivity index (χ2v) is 4.71. The van der Waals surface area contributed by atoms with E-state index < -0.39 is 48.7 Å². The molecule has 7 nitrogen and oxygen atoms in total. The molecule has 0 bridgehead atoms. The van der Waals surface area contributed by atoms with Crippen LogP contribution in [0.4, 0.5) is 0 Å². The van der Waals surface area contributed by atoms with Gasteiger partial charge in [-0.25, -0.2) is 4.79 Å². The van der Waals surface area contributed by atoms with E-state index >= 15 is 0 Å².